The van der Waals surface area contributed by atoms with Crippen LogP contribution in [0.15, 0.2) is 72.8 Å². The van der Waals surface area contributed by atoms with Gasteiger partial charge in [0.15, 0.2) is 11.6 Å². The van der Waals surface area contributed by atoms with Gasteiger partial charge in [-0.05, 0) is 73.6 Å². The Bertz CT molecular complexity index is 1630. The number of phenols is 1. The molecule has 5 N–H and O–H groups in total. The highest BCUT2D eigenvalue weighted by atomic mass is 19.1. The van der Waals surface area contributed by atoms with Crippen LogP contribution in [-0.4, -0.2) is 70.8 Å². The van der Waals surface area contributed by atoms with Crippen LogP contribution in [0.4, 0.5) is 4.39 Å². The van der Waals surface area contributed by atoms with Crippen LogP contribution in [0.3, 0.4) is 0 Å². The molecular weight excluding hydrogens is 629 g/mol. The molecule has 260 valence electrons. The molecule has 2 heterocycles. The van der Waals surface area contributed by atoms with Crippen molar-refractivity contribution in [3.05, 3.63) is 101 Å². The van der Waals surface area contributed by atoms with Crippen LogP contribution in [0.5, 0.6) is 5.75 Å². The SMILES string of the molecule is CC(C)C[C@@H]1NC(=O)[C@@H](Cc2ccccc2)NC(=O)c2ccc(cc2)CN(C(=O)c2ccc(O)c(F)c2)CCCCNC(=O)[C@@H](C)NC1=O. The van der Waals surface area contributed by atoms with E-state index in [0.29, 0.717) is 24.8 Å². The van der Waals surface area contributed by atoms with Crippen LogP contribution >= 0.6 is 0 Å². The monoisotopic (exact) mass is 673 g/mol. The second-order valence-corrected chi connectivity index (χ2v) is 12.7. The first-order valence-corrected chi connectivity index (χ1v) is 16.5. The topological polar surface area (TPSA) is 157 Å². The summed E-state index contributed by atoms with van der Waals surface area (Å²) in [7, 11) is 0. The molecule has 5 rings (SSSR count). The van der Waals surface area contributed by atoms with Crippen LogP contribution in [0.25, 0.3) is 0 Å². The molecule has 2 aliphatic heterocycles. The standard InChI is InChI=1S/C37H44FN5O6/c1-23(2)19-30-35(47)40-24(3)33(45)39-17-7-8-18-43(37(49)28-15-16-32(44)29(38)21-28)22-26-11-13-27(14-12-26)34(46)41-31(36(48)42-30)20-25-9-5-4-6-10-25/h4-6,9-16,21,23-24,30-31,44H,7-8,17-20,22H2,1-3H3,(H,39,45)(H,40,47)(H,41,46)(H,42,48)/t24-,30+,31-/m1/s1. The summed E-state index contributed by atoms with van der Waals surface area (Å²) in [6.07, 6.45) is 1.48. The van der Waals surface area contributed by atoms with Crippen molar-refractivity contribution in [2.24, 2.45) is 5.92 Å². The number of amides is 5. The Balaban J connectivity index is 1.63. The van der Waals surface area contributed by atoms with E-state index in [1.165, 1.54) is 11.0 Å². The van der Waals surface area contributed by atoms with Crippen molar-refractivity contribution >= 4 is 29.5 Å². The minimum Gasteiger partial charge on any atom is -0.505 e. The highest BCUT2D eigenvalue weighted by Crippen LogP contribution is 2.19. The van der Waals surface area contributed by atoms with Crippen LogP contribution in [0.2, 0.25) is 0 Å². The smallest absolute Gasteiger partial charge is 0.254 e. The third-order valence-electron chi connectivity index (χ3n) is 8.22. The summed E-state index contributed by atoms with van der Waals surface area (Å²) in [5.74, 6) is -3.86. The summed E-state index contributed by atoms with van der Waals surface area (Å²) in [6, 6.07) is 16.4. The molecule has 0 saturated heterocycles. The number of hydrogen-bond acceptors (Lipinski definition) is 6. The first-order chi connectivity index (χ1) is 23.4. The largest absolute Gasteiger partial charge is 0.505 e. The number of phenolic OH excluding ortho intramolecular Hbond substituents is 1. The summed E-state index contributed by atoms with van der Waals surface area (Å²) >= 11 is 0. The van der Waals surface area contributed by atoms with E-state index in [1.807, 2.05) is 44.2 Å². The number of benzene rings is 3. The van der Waals surface area contributed by atoms with Gasteiger partial charge in [0.25, 0.3) is 11.8 Å². The minimum absolute atomic E-state index is 0.0369. The average molecular weight is 674 g/mol. The predicted molar refractivity (Wildman–Crippen MR) is 182 cm³/mol. The first-order valence-electron chi connectivity index (χ1n) is 16.5. The average Bonchev–Trinajstić information content (AvgIpc) is 3.07. The van der Waals surface area contributed by atoms with Gasteiger partial charge in [0.1, 0.15) is 18.1 Å². The van der Waals surface area contributed by atoms with E-state index in [4.69, 9.17) is 0 Å². The molecule has 5 amide bonds. The molecule has 0 fully saturated rings. The fraction of sp³-hybridized carbons (Fsp3) is 0.378. The molecule has 2 bridgehead atoms. The van der Waals surface area contributed by atoms with Crippen molar-refractivity contribution in [3.8, 4) is 5.75 Å². The third kappa shape index (κ3) is 10.6. The van der Waals surface area contributed by atoms with Gasteiger partial charge >= 0.3 is 0 Å². The fourth-order valence-electron chi connectivity index (χ4n) is 5.50. The van der Waals surface area contributed by atoms with Gasteiger partial charge in [-0.1, -0.05) is 56.3 Å². The van der Waals surface area contributed by atoms with Crippen molar-refractivity contribution in [3.63, 3.8) is 0 Å². The maximum Gasteiger partial charge on any atom is 0.254 e. The zero-order valence-corrected chi connectivity index (χ0v) is 28.0. The van der Waals surface area contributed by atoms with E-state index in [9.17, 15) is 33.5 Å². The normalized spacial score (nSPS) is 20.1. The second kappa shape index (κ2) is 17.2. The molecule has 11 nitrogen and oxygen atoms in total. The van der Waals surface area contributed by atoms with Gasteiger partial charge in [-0.2, -0.15) is 0 Å². The third-order valence-corrected chi connectivity index (χ3v) is 8.22. The Morgan fingerprint density at radius 2 is 1.57 bits per heavy atom. The molecule has 0 spiro atoms. The lowest BCUT2D eigenvalue weighted by Gasteiger charge is -2.25. The number of halogens is 1. The summed E-state index contributed by atoms with van der Waals surface area (Å²) in [5.41, 5.74) is 1.86. The van der Waals surface area contributed by atoms with Gasteiger partial charge in [0.05, 0.1) is 0 Å². The molecule has 12 heteroatoms. The molecule has 49 heavy (non-hydrogen) atoms. The van der Waals surface area contributed by atoms with E-state index in [1.54, 1.807) is 31.2 Å². The van der Waals surface area contributed by atoms with Gasteiger partial charge < -0.3 is 31.3 Å². The van der Waals surface area contributed by atoms with Gasteiger partial charge in [-0.25, -0.2) is 4.39 Å². The summed E-state index contributed by atoms with van der Waals surface area (Å²) in [4.78, 5) is 68.4. The number of carbonyl (C=O) groups excluding carboxylic acids is 5. The number of aromatic hydroxyl groups is 1. The van der Waals surface area contributed by atoms with Crippen LogP contribution < -0.4 is 21.3 Å². The van der Waals surface area contributed by atoms with Gasteiger partial charge in [-0.15, -0.1) is 0 Å². The van der Waals surface area contributed by atoms with E-state index < -0.39 is 59.2 Å². The maximum atomic E-state index is 14.1. The number of rotatable bonds is 5. The number of nitrogens with one attached hydrogen (secondary N) is 4. The number of carbonyl (C=O) groups is 5. The van der Waals surface area contributed by atoms with Crippen molar-refractivity contribution in [1.29, 1.82) is 0 Å². The molecule has 3 atom stereocenters. The number of nitrogens with zero attached hydrogens (tertiary/aromatic N) is 1. The van der Waals surface area contributed by atoms with Crippen LogP contribution in [0.1, 0.15) is 71.9 Å². The van der Waals surface area contributed by atoms with Gasteiger partial charge in [0, 0.05) is 37.2 Å². The molecule has 0 aromatic heterocycles. The summed E-state index contributed by atoms with van der Waals surface area (Å²) in [6.45, 7) is 6.09. The number of hydrogen-bond donors (Lipinski definition) is 5. The summed E-state index contributed by atoms with van der Waals surface area (Å²) < 4.78 is 14.1. The molecular formula is C37H44FN5O6. The highest BCUT2D eigenvalue weighted by molar-refractivity contribution is 5.99. The Morgan fingerprint density at radius 3 is 2.24 bits per heavy atom. The lowest BCUT2D eigenvalue weighted by atomic mass is 10.0. The lowest BCUT2D eigenvalue weighted by molar-refractivity contribution is -0.132. The predicted octanol–water partition coefficient (Wildman–Crippen LogP) is 3.46. The molecule has 0 aliphatic carbocycles. The van der Waals surface area contributed by atoms with Gasteiger partial charge in [-0.3, -0.25) is 24.0 Å². The quantitative estimate of drug-likeness (QED) is 0.261. The summed E-state index contributed by atoms with van der Waals surface area (Å²) in [5, 5.41) is 20.7. The van der Waals surface area contributed by atoms with Crippen molar-refractivity contribution in [2.45, 2.75) is 71.1 Å². The Kier molecular flexibility index (Phi) is 12.9. The van der Waals surface area contributed by atoms with Crippen LogP contribution in [-0.2, 0) is 27.3 Å². The van der Waals surface area contributed by atoms with Crippen molar-refractivity contribution < 1.29 is 33.5 Å². The molecule has 0 radical (unpaired) electrons. The van der Waals surface area contributed by atoms with E-state index in [0.717, 1.165) is 17.7 Å². The molecule has 0 saturated carbocycles. The molecule has 2 aliphatic rings. The maximum absolute atomic E-state index is 14.1. The molecule has 3 aromatic carbocycles. The lowest BCUT2D eigenvalue weighted by Crippen LogP contribution is -2.57. The Labute approximate surface area is 285 Å². The van der Waals surface area contributed by atoms with Crippen molar-refractivity contribution in [2.75, 3.05) is 13.1 Å². The zero-order chi connectivity index (χ0) is 35.5. The van der Waals surface area contributed by atoms with Crippen LogP contribution in [0, 0.1) is 11.7 Å². The molecule has 0 unspecified atom stereocenters. The Morgan fingerprint density at radius 1 is 0.878 bits per heavy atom. The Hall–Kier alpha value is -5.26. The minimum atomic E-state index is -1.02. The highest BCUT2D eigenvalue weighted by Gasteiger charge is 2.29. The first kappa shape index (κ1) is 36.6. The fourth-order valence-corrected chi connectivity index (χ4v) is 5.50. The van der Waals surface area contributed by atoms with E-state index in [-0.39, 0.29) is 43.1 Å². The second-order valence-electron chi connectivity index (χ2n) is 12.7. The van der Waals surface area contributed by atoms with Crippen molar-refractivity contribution in [1.82, 2.24) is 26.2 Å². The molecule has 3 aromatic rings. The van der Waals surface area contributed by atoms with E-state index in [2.05, 4.69) is 21.3 Å². The zero-order valence-electron chi connectivity index (χ0n) is 28.0. The van der Waals surface area contributed by atoms with Gasteiger partial charge in [0.2, 0.25) is 17.7 Å². The number of fused-ring (bicyclic) bond motifs is 18. The van der Waals surface area contributed by atoms with E-state index >= 15 is 0 Å².